The molecule has 1 saturated carbocycles. The molecule has 0 bridgehead atoms. The highest BCUT2D eigenvalue weighted by atomic mass is 19.1. The number of aromatic nitrogens is 2. The minimum absolute atomic E-state index is 0. The van der Waals surface area contributed by atoms with E-state index in [9.17, 15) is 9.18 Å². The lowest BCUT2D eigenvalue weighted by atomic mass is 9.87. The fraction of sp³-hybridized carbons (Fsp3) is 0.333. The molecule has 39 heavy (non-hydrogen) atoms. The van der Waals surface area contributed by atoms with Gasteiger partial charge >= 0.3 is 0 Å². The van der Waals surface area contributed by atoms with E-state index in [-0.39, 0.29) is 13.2 Å². The first kappa shape index (κ1) is 25.4. The molecule has 1 amide bonds. The van der Waals surface area contributed by atoms with Gasteiger partial charge in [0.25, 0.3) is 0 Å². The van der Waals surface area contributed by atoms with Crippen LogP contribution in [0.4, 0.5) is 4.39 Å². The van der Waals surface area contributed by atoms with Gasteiger partial charge in [-0.2, -0.15) is 0 Å². The molecule has 3 aromatic carbocycles. The highest BCUT2D eigenvalue weighted by Crippen LogP contribution is 2.36. The molecule has 202 valence electrons. The van der Waals surface area contributed by atoms with E-state index in [1.54, 1.807) is 12.1 Å². The Kier molecular flexibility index (Phi) is 6.94. The second-order valence-corrected chi connectivity index (χ2v) is 10.9. The number of hydrogen-bond donors (Lipinski definition) is 1. The van der Waals surface area contributed by atoms with Gasteiger partial charge in [-0.05, 0) is 104 Å². The number of aromatic amines is 1. The predicted octanol–water partition coefficient (Wildman–Crippen LogP) is 7.63. The van der Waals surface area contributed by atoms with Crippen LogP contribution in [0.3, 0.4) is 0 Å². The summed E-state index contributed by atoms with van der Waals surface area (Å²) in [6, 6.07) is 17.6. The molecule has 1 atom stereocenters. The molecule has 5 nitrogen and oxygen atoms in total. The lowest BCUT2D eigenvalue weighted by Gasteiger charge is -2.21. The minimum Gasteiger partial charge on any atom is -0.491 e. The van der Waals surface area contributed by atoms with Gasteiger partial charge in [0.15, 0.2) is 0 Å². The van der Waals surface area contributed by atoms with E-state index < -0.39 is 0 Å². The first-order valence-electron chi connectivity index (χ1n) is 13.9. The fourth-order valence-corrected chi connectivity index (χ4v) is 6.10. The summed E-state index contributed by atoms with van der Waals surface area (Å²) in [7, 11) is 0. The van der Waals surface area contributed by atoms with Gasteiger partial charge in [0.2, 0.25) is 5.91 Å². The quantitative estimate of drug-likeness (QED) is 0.221. The number of aryl methyl sites for hydroxylation is 2. The molecule has 0 spiro atoms. The number of allylic oxidation sites excluding steroid dienone is 1. The second-order valence-electron chi connectivity index (χ2n) is 10.9. The van der Waals surface area contributed by atoms with E-state index in [1.165, 1.54) is 11.1 Å². The SMILES string of the molecule is Cc1nc2ccc(-c3ccc4c(c3)CN(C(=O)/C=C3\CCCCC(c5ccc(F)cc5C)C3)CCO4)cc2[nH]1.[HH]. The van der Waals surface area contributed by atoms with Crippen LogP contribution in [0.2, 0.25) is 0 Å². The van der Waals surface area contributed by atoms with Crippen LogP contribution in [0.25, 0.3) is 22.2 Å². The van der Waals surface area contributed by atoms with Crippen molar-refractivity contribution in [3.8, 4) is 16.9 Å². The summed E-state index contributed by atoms with van der Waals surface area (Å²) >= 11 is 0. The number of amides is 1. The molecule has 0 radical (unpaired) electrons. The van der Waals surface area contributed by atoms with Crippen molar-refractivity contribution in [2.75, 3.05) is 13.2 Å². The van der Waals surface area contributed by atoms with Crippen LogP contribution >= 0.6 is 0 Å². The minimum atomic E-state index is -0.195. The molecule has 6 heteroatoms. The largest absolute Gasteiger partial charge is 0.491 e. The Hall–Kier alpha value is -3.93. The standard InChI is InChI=1S/C33H34FN3O2.H2/c1-21-15-28(34)9-10-29(21)26-6-4-3-5-23(16-26)17-33(38)37-13-14-39-32-12-8-24(18-27(32)20-37)25-7-11-30-31(19-25)36-22(2)35-30;/h7-12,15,17-19,26H,3-6,13-14,16,20H2,1-2H3,(H,35,36);1H/b23-17+;. The number of halogens is 1. The van der Waals surface area contributed by atoms with Crippen molar-refractivity contribution < 1.29 is 15.3 Å². The molecular weight excluding hydrogens is 489 g/mol. The van der Waals surface area contributed by atoms with Crippen LogP contribution in [0.5, 0.6) is 5.75 Å². The third kappa shape index (κ3) is 5.47. The van der Waals surface area contributed by atoms with Gasteiger partial charge < -0.3 is 14.6 Å². The number of imidazole rings is 1. The summed E-state index contributed by atoms with van der Waals surface area (Å²) in [4.78, 5) is 23.2. The van der Waals surface area contributed by atoms with Crippen LogP contribution in [-0.4, -0.2) is 33.9 Å². The van der Waals surface area contributed by atoms with E-state index >= 15 is 0 Å². The molecule has 1 aliphatic heterocycles. The Morgan fingerprint density at radius 1 is 1.10 bits per heavy atom. The second kappa shape index (κ2) is 10.7. The number of carbonyl (C=O) groups is 1. The van der Waals surface area contributed by atoms with Crippen molar-refractivity contribution >= 4 is 16.9 Å². The zero-order chi connectivity index (χ0) is 26.9. The smallest absolute Gasteiger partial charge is 0.246 e. The molecule has 2 heterocycles. The van der Waals surface area contributed by atoms with Crippen LogP contribution in [0, 0.1) is 19.7 Å². The van der Waals surface area contributed by atoms with Crippen molar-refractivity contribution in [2.24, 2.45) is 0 Å². The van der Waals surface area contributed by atoms with E-state index in [2.05, 4.69) is 34.2 Å². The number of carbonyl (C=O) groups excluding carboxylic acids is 1. The zero-order valence-corrected chi connectivity index (χ0v) is 22.6. The number of rotatable bonds is 3. The van der Waals surface area contributed by atoms with Gasteiger partial charge in [0, 0.05) is 19.6 Å². The van der Waals surface area contributed by atoms with Gasteiger partial charge in [-0.25, -0.2) is 9.37 Å². The molecule has 4 aromatic rings. The summed E-state index contributed by atoms with van der Waals surface area (Å²) in [6.07, 6.45) is 6.90. The molecule has 1 aliphatic carbocycles. The van der Waals surface area contributed by atoms with Crippen LogP contribution < -0.4 is 4.74 Å². The van der Waals surface area contributed by atoms with Gasteiger partial charge in [-0.1, -0.05) is 30.2 Å². The molecule has 6 rings (SSSR count). The Bertz CT molecular complexity index is 1580. The van der Waals surface area contributed by atoms with Crippen molar-refractivity contribution in [2.45, 2.75) is 58.4 Å². The monoisotopic (exact) mass is 525 g/mol. The summed E-state index contributed by atoms with van der Waals surface area (Å²) in [5, 5.41) is 0. The fourth-order valence-electron chi connectivity index (χ4n) is 6.10. The van der Waals surface area contributed by atoms with Crippen molar-refractivity contribution in [1.82, 2.24) is 14.9 Å². The maximum atomic E-state index is 13.7. The first-order chi connectivity index (χ1) is 18.9. The third-order valence-electron chi connectivity index (χ3n) is 8.09. The topological polar surface area (TPSA) is 58.2 Å². The molecule has 1 fully saturated rings. The number of benzene rings is 3. The average Bonchev–Trinajstić information content (AvgIpc) is 3.05. The van der Waals surface area contributed by atoms with E-state index in [1.807, 2.05) is 43.0 Å². The highest BCUT2D eigenvalue weighted by Gasteiger charge is 2.23. The number of H-pyrrole nitrogens is 1. The van der Waals surface area contributed by atoms with Crippen LogP contribution in [-0.2, 0) is 11.3 Å². The van der Waals surface area contributed by atoms with E-state index in [0.29, 0.717) is 25.6 Å². The Balaban J connectivity index is 0.00000323. The maximum Gasteiger partial charge on any atom is 0.246 e. The van der Waals surface area contributed by atoms with Crippen LogP contribution in [0.15, 0.2) is 66.2 Å². The van der Waals surface area contributed by atoms with Crippen molar-refractivity contribution in [3.63, 3.8) is 0 Å². The summed E-state index contributed by atoms with van der Waals surface area (Å²) in [5.74, 6) is 1.89. The van der Waals surface area contributed by atoms with Gasteiger partial charge in [0.05, 0.1) is 17.6 Å². The first-order valence-corrected chi connectivity index (χ1v) is 13.9. The number of ether oxygens (including phenoxy) is 1. The number of nitrogens with zero attached hydrogens (tertiary/aromatic N) is 2. The molecule has 1 N–H and O–H groups in total. The van der Waals surface area contributed by atoms with Gasteiger partial charge in [-0.3, -0.25) is 4.79 Å². The van der Waals surface area contributed by atoms with Gasteiger partial charge in [0.1, 0.15) is 24.0 Å². The predicted molar refractivity (Wildman–Crippen MR) is 154 cm³/mol. The van der Waals surface area contributed by atoms with Crippen LogP contribution in [0.1, 0.15) is 62.0 Å². The molecule has 0 saturated heterocycles. The van der Waals surface area contributed by atoms with E-state index in [0.717, 1.165) is 77.0 Å². The summed E-state index contributed by atoms with van der Waals surface area (Å²) < 4.78 is 19.7. The highest BCUT2D eigenvalue weighted by molar-refractivity contribution is 5.88. The number of nitrogens with one attached hydrogen (secondary N) is 1. The Morgan fingerprint density at radius 2 is 1.95 bits per heavy atom. The van der Waals surface area contributed by atoms with Crippen molar-refractivity contribution in [1.29, 1.82) is 0 Å². The Morgan fingerprint density at radius 3 is 2.82 bits per heavy atom. The molecule has 1 unspecified atom stereocenters. The lowest BCUT2D eigenvalue weighted by molar-refractivity contribution is -0.126. The number of hydrogen-bond acceptors (Lipinski definition) is 3. The number of fused-ring (bicyclic) bond motifs is 2. The lowest BCUT2D eigenvalue weighted by Crippen LogP contribution is -2.31. The van der Waals surface area contributed by atoms with E-state index in [4.69, 9.17) is 4.74 Å². The molecular formula is C33H36FN3O2. The third-order valence-corrected chi connectivity index (χ3v) is 8.09. The molecule has 2 aliphatic rings. The average molecular weight is 526 g/mol. The normalized spacial score (nSPS) is 18.9. The zero-order valence-electron chi connectivity index (χ0n) is 22.6. The Labute approximate surface area is 230 Å². The summed E-state index contributed by atoms with van der Waals surface area (Å²) in [5.41, 5.74) is 8.54. The van der Waals surface area contributed by atoms with Gasteiger partial charge in [-0.15, -0.1) is 0 Å². The van der Waals surface area contributed by atoms with Crippen molar-refractivity contribution in [3.05, 3.63) is 94.6 Å². The molecule has 1 aromatic heterocycles. The summed E-state index contributed by atoms with van der Waals surface area (Å²) in [6.45, 7) is 5.47. The maximum absolute atomic E-state index is 13.7.